The lowest BCUT2D eigenvalue weighted by Crippen LogP contribution is -2.40. The summed E-state index contributed by atoms with van der Waals surface area (Å²) < 4.78 is 0. The molecule has 2 aliphatic rings. The predicted molar refractivity (Wildman–Crippen MR) is 61.4 cm³/mol. The normalized spacial score (nSPS) is 40.3. The van der Waals surface area contributed by atoms with Gasteiger partial charge in [0.1, 0.15) is 0 Å². The van der Waals surface area contributed by atoms with Crippen molar-refractivity contribution in [1.82, 2.24) is 4.90 Å². The van der Waals surface area contributed by atoms with E-state index in [2.05, 4.69) is 18.9 Å². The topological polar surface area (TPSA) is 3.24 Å². The molecular formula is C13H25N. The van der Waals surface area contributed by atoms with Crippen molar-refractivity contribution in [2.24, 2.45) is 5.92 Å². The monoisotopic (exact) mass is 195 g/mol. The third-order valence-electron chi connectivity index (χ3n) is 4.57. The molecule has 1 heteroatoms. The molecule has 2 saturated heterocycles. The fourth-order valence-corrected chi connectivity index (χ4v) is 3.61. The maximum absolute atomic E-state index is 2.73. The fraction of sp³-hybridized carbons (Fsp3) is 1.00. The van der Waals surface area contributed by atoms with Crippen LogP contribution in [0.5, 0.6) is 0 Å². The van der Waals surface area contributed by atoms with Crippen molar-refractivity contribution < 1.29 is 0 Å². The Morgan fingerprint density at radius 3 is 2.50 bits per heavy atom. The van der Waals surface area contributed by atoms with Gasteiger partial charge in [-0.05, 0) is 38.6 Å². The molecule has 2 fully saturated rings. The zero-order chi connectivity index (χ0) is 9.97. The summed E-state index contributed by atoms with van der Waals surface area (Å²) in [6.07, 6.45) is 11.7. The van der Waals surface area contributed by atoms with Crippen molar-refractivity contribution >= 4 is 0 Å². The lowest BCUT2D eigenvalue weighted by Gasteiger charge is -2.34. The zero-order valence-corrected chi connectivity index (χ0v) is 9.84. The van der Waals surface area contributed by atoms with Crippen molar-refractivity contribution in [2.45, 2.75) is 70.4 Å². The van der Waals surface area contributed by atoms with E-state index in [0.29, 0.717) is 0 Å². The highest BCUT2D eigenvalue weighted by molar-refractivity contribution is 4.87. The Kier molecular flexibility index (Phi) is 3.48. The predicted octanol–water partition coefficient (Wildman–Crippen LogP) is 3.44. The molecule has 0 aromatic heterocycles. The molecule has 3 atom stereocenters. The first kappa shape index (κ1) is 10.5. The second-order valence-corrected chi connectivity index (χ2v) is 5.27. The summed E-state index contributed by atoms with van der Waals surface area (Å²) in [7, 11) is 2.38. The summed E-state index contributed by atoms with van der Waals surface area (Å²) in [5.41, 5.74) is 0. The molecule has 0 radical (unpaired) electrons. The van der Waals surface area contributed by atoms with Crippen LogP contribution in [0, 0.1) is 5.92 Å². The number of rotatable bonds is 1. The summed E-state index contributed by atoms with van der Waals surface area (Å²) in [5.74, 6) is 0.989. The van der Waals surface area contributed by atoms with E-state index < -0.39 is 0 Å². The van der Waals surface area contributed by atoms with Crippen LogP contribution in [-0.2, 0) is 0 Å². The number of hydrogen-bond acceptors (Lipinski definition) is 1. The average Bonchev–Trinajstić information content (AvgIpc) is 2.47. The molecule has 2 aliphatic heterocycles. The van der Waals surface area contributed by atoms with E-state index in [9.17, 15) is 0 Å². The van der Waals surface area contributed by atoms with Gasteiger partial charge < -0.3 is 4.90 Å². The Morgan fingerprint density at radius 1 is 1.00 bits per heavy atom. The van der Waals surface area contributed by atoms with Gasteiger partial charge in [-0.25, -0.2) is 0 Å². The summed E-state index contributed by atoms with van der Waals surface area (Å²) in [5, 5.41) is 0. The van der Waals surface area contributed by atoms with E-state index in [-0.39, 0.29) is 0 Å². The summed E-state index contributed by atoms with van der Waals surface area (Å²) >= 11 is 0. The second kappa shape index (κ2) is 4.65. The maximum atomic E-state index is 2.73. The average molecular weight is 195 g/mol. The molecule has 0 amide bonds. The van der Waals surface area contributed by atoms with E-state index in [1.165, 1.54) is 51.4 Å². The molecule has 0 spiro atoms. The largest absolute Gasteiger partial charge is 0.300 e. The minimum absolute atomic E-state index is 0.912. The van der Waals surface area contributed by atoms with Gasteiger partial charge in [0.15, 0.2) is 0 Å². The van der Waals surface area contributed by atoms with Gasteiger partial charge in [0.2, 0.25) is 0 Å². The van der Waals surface area contributed by atoms with Gasteiger partial charge in [0.25, 0.3) is 0 Å². The van der Waals surface area contributed by atoms with Crippen LogP contribution in [0.2, 0.25) is 0 Å². The highest BCUT2D eigenvalue weighted by Gasteiger charge is 2.32. The second-order valence-electron chi connectivity index (χ2n) is 5.27. The molecule has 0 aromatic carbocycles. The Morgan fingerprint density at radius 2 is 1.71 bits per heavy atom. The number of fused-ring (bicyclic) bond motifs is 2. The molecule has 0 aromatic rings. The Bertz CT molecular complexity index is 178. The Hall–Kier alpha value is -0.0400. The minimum atomic E-state index is 0.912. The molecule has 82 valence electrons. The molecule has 0 aliphatic carbocycles. The molecular weight excluding hydrogens is 170 g/mol. The van der Waals surface area contributed by atoms with Gasteiger partial charge in [-0.3, -0.25) is 0 Å². The molecule has 1 nitrogen and oxygen atoms in total. The maximum Gasteiger partial charge on any atom is 0.0123 e. The van der Waals surface area contributed by atoms with Crippen molar-refractivity contribution in [3.05, 3.63) is 0 Å². The SMILES string of the molecule is CC[C@H]1CCC[C@@H]2CCCC[C@@H]1N2C. The smallest absolute Gasteiger partial charge is 0.0123 e. The summed E-state index contributed by atoms with van der Waals surface area (Å²) in [6, 6.07) is 1.83. The van der Waals surface area contributed by atoms with Gasteiger partial charge >= 0.3 is 0 Å². The van der Waals surface area contributed by atoms with E-state index in [1.807, 2.05) is 0 Å². The molecule has 2 bridgehead atoms. The summed E-state index contributed by atoms with van der Waals surface area (Å²) in [6.45, 7) is 2.38. The van der Waals surface area contributed by atoms with Crippen LogP contribution in [0.25, 0.3) is 0 Å². The van der Waals surface area contributed by atoms with Gasteiger partial charge in [-0.2, -0.15) is 0 Å². The third-order valence-corrected chi connectivity index (χ3v) is 4.57. The Labute approximate surface area is 88.9 Å². The molecule has 2 heterocycles. The zero-order valence-electron chi connectivity index (χ0n) is 9.84. The lowest BCUT2D eigenvalue weighted by molar-refractivity contribution is 0.138. The minimum Gasteiger partial charge on any atom is -0.300 e. The molecule has 14 heavy (non-hydrogen) atoms. The van der Waals surface area contributed by atoms with Crippen LogP contribution in [0.4, 0.5) is 0 Å². The fourth-order valence-electron chi connectivity index (χ4n) is 3.61. The van der Waals surface area contributed by atoms with Gasteiger partial charge in [0.05, 0.1) is 0 Å². The first-order valence-electron chi connectivity index (χ1n) is 6.55. The van der Waals surface area contributed by atoms with Crippen LogP contribution in [0.1, 0.15) is 58.3 Å². The number of hydrogen-bond donors (Lipinski definition) is 0. The van der Waals surface area contributed by atoms with Gasteiger partial charge in [0, 0.05) is 12.1 Å². The first-order chi connectivity index (χ1) is 6.83. The van der Waals surface area contributed by atoms with Gasteiger partial charge in [-0.1, -0.05) is 32.6 Å². The van der Waals surface area contributed by atoms with Crippen molar-refractivity contribution in [3.8, 4) is 0 Å². The Balaban J connectivity index is 2.12. The van der Waals surface area contributed by atoms with E-state index in [1.54, 1.807) is 0 Å². The molecule has 0 N–H and O–H groups in total. The van der Waals surface area contributed by atoms with Crippen molar-refractivity contribution in [2.75, 3.05) is 7.05 Å². The van der Waals surface area contributed by atoms with Crippen LogP contribution in [-0.4, -0.2) is 24.0 Å². The van der Waals surface area contributed by atoms with E-state index >= 15 is 0 Å². The highest BCUT2D eigenvalue weighted by atomic mass is 15.2. The van der Waals surface area contributed by atoms with Crippen LogP contribution >= 0.6 is 0 Å². The first-order valence-corrected chi connectivity index (χ1v) is 6.55. The lowest BCUT2D eigenvalue weighted by atomic mass is 9.89. The highest BCUT2D eigenvalue weighted by Crippen LogP contribution is 2.34. The van der Waals surface area contributed by atoms with Crippen LogP contribution in [0.15, 0.2) is 0 Å². The van der Waals surface area contributed by atoms with E-state index in [0.717, 1.165) is 18.0 Å². The standard InChI is InChI=1S/C13H25N/c1-3-11-7-6-9-12-8-4-5-10-13(11)14(12)2/h11-13H,3-10H2,1-2H3/t11-,12-,13-/m0/s1. The van der Waals surface area contributed by atoms with Crippen molar-refractivity contribution in [3.63, 3.8) is 0 Å². The molecule has 0 saturated carbocycles. The van der Waals surface area contributed by atoms with Gasteiger partial charge in [-0.15, -0.1) is 0 Å². The van der Waals surface area contributed by atoms with Crippen LogP contribution < -0.4 is 0 Å². The molecule has 2 rings (SSSR count). The third kappa shape index (κ3) is 1.98. The molecule has 0 unspecified atom stereocenters. The van der Waals surface area contributed by atoms with Crippen molar-refractivity contribution in [1.29, 1.82) is 0 Å². The number of nitrogens with zero attached hydrogens (tertiary/aromatic N) is 1. The quantitative estimate of drug-likeness (QED) is 0.619. The van der Waals surface area contributed by atoms with Crippen LogP contribution in [0.3, 0.4) is 0 Å². The van der Waals surface area contributed by atoms with E-state index in [4.69, 9.17) is 0 Å². The summed E-state index contributed by atoms with van der Waals surface area (Å²) in [4.78, 5) is 2.73.